The molecule has 2 fully saturated rings. The Morgan fingerprint density at radius 2 is 2.25 bits per heavy atom. The largest absolute Gasteiger partial charge is 0.348 e. The zero-order chi connectivity index (χ0) is 11.0. The van der Waals surface area contributed by atoms with Gasteiger partial charge in [-0.15, -0.1) is 11.3 Å². The molecule has 3 nitrogen and oxygen atoms in total. The summed E-state index contributed by atoms with van der Waals surface area (Å²) in [6, 6.07) is 1.53. The predicted octanol–water partition coefficient (Wildman–Crippen LogP) is 2.38. The summed E-state index contributed by atoms with van der Waals surface area (Å²) < 4.78 is 0. The van der Waals surface area contributed by atoms with Gasteiger partial charge in [0, 0.05) is 36.8 Å². The normalized spacial score (nSPS) is 20.8. The lowest BCUT2D eigenvalue weighted by atomic mass is 9.92. The van der Waals surface area contributed by atoms with E-state index in [0.717, 1.165) is 18.6 Å². The second-order valence-corrected chi connectivity index (χ2v) is 6.05. The van der Waals surface area contributed by atoms with E-state index >= 15 is 0 Å². The quantitative estimate of drug-likeness (QED) is 0.852. The van der Waals surface area contributed by atoms with Crippen molar-refractivity contribution < 1.29 is 0 Å². The smallest absolute Gasteiger partial charge is 0.185 e. The van der Waals surface area contributed by atoms with Crippen molar-refractivity contribution in [1.82, 2.24) is 10.3 Å². The fraction of sp³-hybridized carbons (Fsp3) is 0.750. The van der Waals surface area contributed by atoms with Crippen LogP contribution >= 0.6 is 11.3 Å². The van der Waals surface area contributed by atoms with Crippen LogP contribution in [0.25, 0.3) is 0 Å². The third-order valence-electron chi connectivity index (χ3n) is 3.61. The van der Waals surface area contributed by atoms with Gasteiger partial charge in [0.15, 0.2) is 5.13 Å². The molecule has 0 unspecified atom stereocenters. The first-order valence-corrected chi connectivity index (χ1v) is 7.05. The van der Waals surface area contributed by atoms with Crippen molar-refractivity contribution in [2.75, 3.05) is 11.9 Å². The van der Waals surface area contributed by atoms with Crippen LogP contribution in [0.15, 0.2) is 6.20 Å². The van der Waals surface area contributed by atoms with Gasteiger partial charge in [-0.2, -0.15) is 0 Å². The van der Waals surface area contributed by atoms with Gasteiger partial charge in [-0.1, -0.05) is 0 Å². The standard InChI is InChI=1S/C12H19N3S/c1-15(10-3-2-4-10)12-14-8-11(16-12)7-13-9-5-6-9/h8-10,13H,2-7H2,1H3. The van der Waals surface area contributed by atoms with Gasteiger partial charge >= 0.3 is 0 Å². The topological polar surface area (TPSA) is 28.2 Å². The van der Waals surface area contributed by atoms with E-state index in [4.69, 9.17) is 0 Å². The Kier molecular flexibility index (Phi) is 2.86. The van der Waals surface area contributed by atoms with Crippen molar-refractivity contribution in [2.24, 2.45) is 0 Å². The second kappa shape index (κ2) is 4.34. The number of hydrogen-bond acceptors (Lipinski definition) is 4. The number of thiazole rings is 1. The molecule has 0 saturated heterocycles. The predicted molar refractivity (Wildman–Crippen MR) is 68.0 cm³/mol. The third-order valence-corrected chi connectivity index (χ3v) is 4.70. The lowest BCUT2D eigenvalue weighted by Crippen LogP contribution is -2.36. The van der Waals surface area contributed by atoms with Crippen molar-refractivity contribution in [3.8, 4) is 0 Å². The maximum absolute atomic E-state index is 4.52. The molecule has 0 bridgehead atoms. The maximum Gasteiger partial charge on any atom is 0.185 e. The SMILES string of the molecule is CN(c1ncc(CNC2CC2)s1)C1CCC1. The van der Waals surface area contributed by atoms with Crippen LogP contribution in [-0.2, 0) is 6.54 Å². The lowest BCUT2D eigenvalue weighted by Gasteiger charge is -2.34. The van der Waals surface area contributed by atoms with Crippen LogP contribution in [0.5, 0.6) is 0 Å². The highest BCUT2D eigenvalue weighted by molar-refractivity contribution is 7.15. The number of hydrogen-bond donors (Lipinski definition) is 1. The molecule has 16 heavy (non-hydrogen) atoms. The van der Waals surface area contributed by atoms with Crippen molar-refractivity contribution in [3.05, 3.63) is 11.1 Å². The van der Waals surface area contributed by atoms with Crippen LogP contribution in [0.2, 0.25) is 0 Å². The van der Waals surface area contributed by atoms with Gasteiger partial charge in [0.2, 0.25) is 0 Å². The zero-order valence-corrected chi connectivity index (χ0v) is 10.6. The van der Waals surface area contributed by atoms with E-state index in [2.05, 4.69) is 22.2 Å². The number of rotatable bonds is 5. The van der Waals surface area contributed by atoms with E-state index < -0.39 is 0 Å². The van der Waals surface area contributed by atoms with Crippen molar-refractivity contribution in [2.45, 2.75) is 50.7 Å². The fourth-order valence-corrected chi connectivity index (χ4v) is 2.90. The molecule has 0 amide bonds. The molecular formula is C12H19N3S. The summed E-state index contributed by atoms with van der Waals surface area (Å²) in [5.74, 6) is 0. The highest BCUT2D eigenvalue weighted by Crippen LogP contribution is 2.31. The minimum atomic E-state index is 0.746. The molecule has 3 rings (SSSR count). The number of aromatic nitrogens is 1. The maximum atomic E-state index is 4.52. The zero-order valence-electron chi connectivity index (χ0n) is 9.78. The molecule has 88 valence electrons. The minimum Gasteiger partial charge on any atom is -0.348 e. The van der Waals surface area contributed by atoms with E-state index in [-0.39, 0.29) is 0 Å². The third kappa shape index (κ3) is 2.23. The highest BCUT2D eigenvalue weighted by Gasteiger charge is 2.24. The molecular weight excluding hydrogens is 218 g/mol. The Morgan fingerprint density at radius 1 is 1.44 bits per heavy atom. The van der Waals surface area contributed by atoms with Gasteiger partial charge in [0.1, 0.15) is 0 Å². The van der Waals surface area contributed by atoms with Gasteiger partial charge < -0.3 is 10.2 Å². The minimum absolute atomic E-state index is 0.746. The summed E-state index contributed by atoms with van der Waals surface area (Å²) in [5.41, 5.74) is 0. The van der Waals surface area contributed by atoms with Crippen molar-refractivity contribution in [3.63, 3.8) is 0 Å². The first-order chi connectivity index (χ1) is 7.83. The molecule has 0 aliphatic heterocycles. The number of nitrogens with one attached hydrogen (secondary N) is 1. The van der Waals surface area contributed by atoms with Crippen LogP contribution in [-0.4, -0.2) is 24.1 Å². The van der Waals surface area contributed by atoms with Crippen molar-refractivity contribution >= 4 is 16.5 Å². The Hall–Kier alpha value is -0.610. The van der Waals surface area contributed by atoms with Crippen LogP contribution in [0.1, 0.15) is 37.0 Å². The van der Waals surface area contributed by atoms with E-state index in [1.54, 1.807) is 0 Å². The average molecular weight is 237 g/mol. The molecule has 2 aliphatic rings. The van der Waals surface area contributed by atoms with E-state index in [1.165, 1.54) is 42.1 Å². The summed E-state index contributed by atoms with van der Waals surface area (Å²) >= 11 is 1.84. The van der Waals surface area contributed by atoms with E-state index in [0.29, 0.717) is 0 Å². The molecule has 0 aromatic carbocycles. The fourth-order valence-electron chi connectivity index (χ4n) is 2.00. The summed E-state index contributed by atoms with van der Waals surface area (Å²) in [6.45, 7) is 1.00. The monoisotopic (exact) mass is 237 g/mol. The van der Waals surface area contributed by atoms with Gasteiger partial charge in [0.05, 0.1) is 0 Å². The summed E-state index contributed by atoms with van der Waals surface area (Å²) in [6.07, 6.45) is 8.81. The first kappa shape index (κ1) is 10.5. The second-order valence-electron chi connectivity index (χ2n) is 4.96. The van der Waals surface area contributed by atoms with Gasteiger partial charge in [-0.05, 0) is 32.1 Å². The van der Waals surface area contributed by atoms with Crippen molar-refractivity contribution in [1.29, 1.82) is 0 Å². The number of anilines is 1. The van der Waals surface area contributed by atoms with Crippen LogP contribution in [0, 0.1) is 0 Å². The Bertz CT molecular complexity index is 355. The molecule has 0 radical (unpaired) electrons. The van der Waals surface area contributed by atoms with Gasteiger partial charge in [-0.3, -0.25) is 0 Å². The molecule has 1 N–H and O–H groups in total. The van der Waals surface area contributed by atoms with Crippen LogP contribution < -0.4 is 10.2 Å². The van der Waals surface area contributed by atoms with E-state index in [1.807, 2.05) is 17.5 Å². The average Bonchev–Trinajstić information content (AvgIpc) is 2.90. The molecule has 2 saturated carbocycles. The molecule has 2 aliphatic carbocycles. The first-order valence-electron chi connectivity index (χ1n) is 6.24. The summed E-state index contributed by atoms with van der Waals surface area (Å²) in [5, 5.41) is 4.73. The summed E-state index contributed by atoms with van der Waals surface area (Å²) in [4.78, 5) is 8.25. The van der Waals surface area contributed by atoms with Crippen LogP contribution in [0.4, 0.5) is 5.13 Å². The summed E-state index contributed by atoms with van der Waals surface area (Å²) in [7, 11) is 2.18. The molecule has 4 heteroatoms. The molecule has 1 aromatic rings. The number of nitrogens with zero attached hydrogens (tertiary/aromatic N) is 2. The molecule has 0 spiro atoms. The van der Waals surface area contributed by atoms with Gasteiger partial charge in [-0.25, -0.2) is 4.98 Å². The van der Waals surface area contributed by atoms with Gasteiger partial charge in [0.25, 0.3) is 0 Å². The Balaban J connectivity index is 1.57. The molecule has 1 heterocycles. The van der Waals surface area contributed by atoms with Crippen LogP contribution in [0.3, 0.4) is 0 Å². The molecule has 1 aromatic heterocycles. The highest BCUT2D eigenvalue weighted by atomic mass is 32.1. The van der Waals surface area contributed by atoms with E-state index in [9.17, 15) is 0 Å². The Labute approximate surface area is 101 Å². The Morgan fingerprint density at radius 3 is 2.88 bits per heavy atom. The molecule has 0 atom stereocenters. The lowest BCUT2D eigenvalue weighted by molar-refractivity contribution is 0.401.